The van der Waals surface area contributed by atoms with Gasteiger partial charge in [0, 0.05) is 6.54 Å². The maximum absolute atomic E-state index is 2.75. The monoisotopic (exact) mass is 450 g/mol. The van der Waals surface area contributed by atoms with E-state index in [1.54, 1.807) is 0 Å². The molecule has 0 spiro atoms. The van der Waals surface area contributed by atoms with Crippen LogP contribution in [0.4, 0.5) is 0 Å². The first-order valence-electron chi connectivity index (χ1n) is 15.2. The van der Waals surface area contributed by atoms with Gasteiger partial charge in [0.15, 0.2) is 0 Å². The van der Waals surface area contributed by atoms with Gasteiger partial charge in [0.2, 0.25) is 0 Å². The Labute approximate surface area is 204 Å². The lowest BCUT2D eigenvalue weighted by molar-refractivity contribution is 0.141. The standard InChI is InChI=1S/C30H62N2/c1-4-7-8-9-10-11-12-13-14-15-16-17-18-19-20-21-26-31-27-22-30(23-28-31)29-32(24-5-2)25-6-3/h30H,4-29H2,1-3H3. The van der Waals surface area contributed by atoms with Crippen LogP contribution in [0.3, 0.4) is 0 Å². The van der Waals surface area contributed by atoms with Crippen molar-refractivity contribution in [2.24, 2.45) is 5.92 Å². The summed E-state index contributed by atoms with van der Waals surface area (Å²) in [7, 11) is 0. The van der Waals surface area contributed by atoms with Crippen molar-refractivity contribution in [3.8, 4) is 0 Å². The number of hydrogen-bond donors (Lipinski definition) is 0. The lowest BCUT2D eigenvalue weighted by Crippen LogP contribution is -2.39. The van der Waals surface area contributed by atoms with Gasteiger partial charge in [-0.2, -0.15) is 0 Å². The van der Waals surface area contributed by atoms with Crippen molar-refractivity contribution < 1.29 is 0 Å². The van der Waals surface area contributed by atoms with Gasteiger partial charge in [0.05, 0.1) is 0 Å². The van der Waals surface area contributed by atoms with Crippen molar-refractivity contribution >= 4 is 0 Å². The second kappa shape index (κ2) is 22.7. The van der Waals surface area contributed by atoms with Crippen LogP contribution in [0.5, 0.6) is 0 Å². The molecule has 1 rings (SSSR count). The highest BCUT2D eigenvalue weighted by Gasteiger charge is 2.20. The van der Waals surface area contributed by atoms with E-state index in [0.717, 1.165) is 5.92 Å². The molecule has 2 heteroatoms. The smallest absolute Gasteiger partial charge is 0.00106 e. The normalized spacial score (nSPS) is 15.8. The third-order valence-electron chi connectivity index (χ3n) is 7.63. The molecule has 0 saturated carbocycles. The lowest BCUT2D eigenvalue weighted by atomic mass is 9.95. The van der Waals surface area contributed by atoms with Crippen LogP contribution in [-0.2, 0) is 0 Å². The van der Waals surface area contributed by atoms with Crippen molar-refractivity contribution in [3.63, 3.8) is 0 Å². The maximum Gasteiger partial charge on any atom is 0.00106 e. The average molecular weight is 451 g/mol. The van der Waals surface area contributed by atoms with Crippen molar-refractivity contribution in [1.82, 2.24) is 9.80 Å². The quantitative estimate of drug-likeness (QED) is 0.143. The number of unbranched alkanes of at least 4 members (excludes halogenated alkanes) is 15. The van der Waals surface area contributed by atoms with Crippen LogP contribution in [0.2, 0.25) is 0 Å². The molecule has 0 aromatic rings. The van der Waals surface area contributed by atoms with E-state index in [2.05, 4.69) is 30.6 Å². The van der Waals surface area contributed by atoms with Crippen LogP contribution in [-0.4, -0.2) is 49.1 Å². The summed E-state index contributed by atoms with van der Waals surface area (Å²) in [5, 5.41) is 0. The van der Waals surface area contributed by atoms with E-state index in [-0.39, 0.29) is 0 Å². The Hall–Kier alpha value is -0.0800. The second-order valence-corrected chi connectivity index (χ2v) is 10.9. The van der Waals surface area contributed by atoms with Gasteiger partial charge in [0.1, 0.15) is 0 Å². The molecule has 0 aromatic heterocycles. The molecule has 1 fully saturated rings. The molecule has 1 saturated heterocycles. The minimum atomic E-state index is 0.954. The molecule has 32 heavy (non-hydrogen) atoms. The molecule has 0 N–H and O–H groups in total. The van der Waals surface area contributed by atoms with Gasteiger partial charge in [-0.3, -0.25) is 0 Å². The molecule has 1 heterocycles. The highest BCUT2D eigenvalue weighted by Crippen LogP contribution is 2.20. The summed E-state index contributed by atoms with van der Waals surface area (Å²) in [4.78, 5) is 5.47. The Morgan fingerprint density at radius 3 is 1.34 bits per heavy atom. The molecule has 2 nitrogen and oxygen atoms in total. The summed E-state index contributed by atoms with van der Waals surface area (Å²) in [5.41, 5.74) is 0. The van der Waals surface area contributed by atoms with Crippen molar-refractivity contribution in [1.29, 1.82) is 0 Å². The van der Waals surface area contributed by atoms with Gasteiger partial charge in [0.25, 0.3) is 0 Å². The first-order chi connectivity index (χ1) is 15.8. The van der Waals surface area contributed by atoms with Crippen LogP contribution in [0, 0.1) is 5.92 Å². The molecule has 1 aliphatic rings. The summed E-state index contributed by atoms with van der Waals surface area (Å²) in [6.45, 7) is 15.0. The Morgan fingerprint density at radius 2 is 0.938 bits per heavy atom. The first-order valence-corrected chi connectivity index (χ1v) is 15.2. The van der Waals surface area contributed by atoms with E-state index in [1.165, 1.54) is 168 Å². The predicted molar refractivity (Wildman–Crippen MR) is 146 cm³/mol. The third kappa shape index (κ3) is 17.4. The average Bonchev–Trinajstić information content (AvgIpc) is 2.80. The van der Waals surface area contributed by atoms with E-state index in [1.807, 2.05) is 0 Å². The van der Waals surface area contributed by atoms with E-state index >= 15 is 0 Å². The summed E-state index contributed by atoms with van der Waals surface area (Å²) in [6, 6.07) is 0. The van der Waals surface area contributed by atoms with Gasteiger partial charge in [-0.1, -0.05) is 117 Å². The summed E-state index contributed by atoms with van der Waals surface area (Å²) in [5.74, 6) is 0.954. The number of piperidine rings is 1. The molecule has 0 aromatic carbocycles. The molecule has 192 valence electrons. The fourth-order valence-corrected chi connectivity index (χ4v) is 5.57. The van der Waals surface area contributed by atoms with Crippen LogP contribution in [0.25, 0.3) is 0 Å². The molecule has 1 aliphatic heterocycles. The SMILES string of the molecule is CCCCCCCCCCCCCCCCCCN1CCC(CN(CCC)CCC)CC1. The van der Waals surface area contributed by atoms with E-state index < -0.39 is 0 Å². The number of rotatable bonds is 23. The summed E-state index contributed by atoms with van der Waals surface area (Å²) in [6.07, 6.45) is 28.9. The van der Waals surface area contributed by atoms with Gasteiger partial charge in [-0.05, 0) is 70.7 Å². The number of nitrogens with zero attached hydrogens (tertiary/aromatic N) is 2. The molecular weight excluding hydrogens is 388 g/mol. The molecule has 0 amide bonds. The maximum atomic E-state index is 2.75. The van der Waals surface area contributed by atoms with Gasteiger partial charge >= 0.3 is 0 Å². The summed E-state index contributed by atoms with van der Waals surface area (Å²) >= 11 is 0. The zero-order valence-corrected chi connectivity index (χ0v) is 22.9. The molecule has 0 radical (unpaired) electrons. The molecule has 0 bridgehead atoms. The third-order valence-corrected chi connectivity index (χ3v) is 7.63. The first kappa shape index (κ1) is 30.0. The van der Waals surface area contributed by atoms with Gasteiger partial charge in [-0.25, -0.2) is 0 Å². The van der Waals surface area contributed by atoms with Crippen LogP contribution >= 0.6 is 0 Å². The number of likely N-dealkylation sites (tertiary alicyclic amines) is 1. The van der Waals surface area contributed by atoms with Crippen molar-refractivity contribution in [2.45, 2.75) is 149 Å². The largest absolute Gasteiger partial charge is 0.303 e. The zero-order chi connectivity index (χ0) is 23.1. The highest BCUT2D eigenvalue weighted by molar-refractivity contribution is 4.75. The second-order valence-electron chi connectivity index (χ2n) is 10.9. The van der Waals surface area contributed by atoms with E-state index in [0.29, 0.717) is 0 Å². The van der Waals surface area contributed by atoms with Gasteiger partial charge < -0.3 is 9.80 Å². The van der Waals surface area contributed by atoms with Crippen LogP contribution in [0.1, 0.15) is 149 Å². The summed E-state index contributed by atoms with van der Waals surface area (Å²) < 4.78 is 0. The van der Waals surface area contributed by atoms with Gasteiger partial charge in [-0.15, -0.1) is 0 Å². The Kier molecular flexibility index (Phi) is 21.2. The topological polar surface area (TPSA) is 6.48 Å². The fourth-order valence-electron chi connectivity index (χ4n) is 5.57. The minimum Gasteiger partial charge on any atom is -0.303 e. The number of hydrogen-bond acceptors (Lipinski definition) is 2. The molecule has 0 atom stereocenters. The Balaban J connectivity index is 1.83. The Morgan fingerprint density at radius 1 is 0.531 bits per heavy atom. The Bertz CT molecular complexity index is 356. The van der Waals surface area contributed by atoms with Crippen molar-refractivity contribution in [2.75, 3.05) is 39.3 Å². The minimum absolute atomic E-state index is 0.954. The van der Waals surface area contributed by atoms with Crippen LogP contribution < -0.4 is 0 Å². The fraction of sp³-hybridized carbons (Fsp3) is 1.00. The zero-order valence-electron chi connectivity index (χ0n) is 22.9. The van der Waals surface area contributed by atoms with Crippen LogP contribution in [0.15, 0.2) is 0 Å². The molecule has 0 aliphatic carbocycles. The van der Waals surface area contributed by atoms with E-state index in [9.17, 15) is 0 Å². The van der Waals surface area contributed by atoms with E-state index in [4.69, 9.17) is 0 Å². The predicted octanol–water partition coefficient (Wildman–Crippen LogP) is 9.08. The molecular formula is C30H62N2. The lowest BCUT2D eigenvalue weighted by Gasteiger charge is -2.35. The van der Waals surface area contributed by atoms with Crippen molar-refractivity contribution in [3.05, 3.63) is 0 Å². The highest BCUT2D eigenvalue weighted by atomic mass is 15.1. The molecule has 0 unspecified atom stereocenters.